The van der Waals surface area contributed by atoms with E-state index in [0.717, 1.165) is 0 Å². The van der Waals surface area contributed by atoms with E-state index in [0.29, 0.717) is 0 Å². The van der Waals surface area contributed by atoms with E-state index < -0.39 is 5.91 Å². The van der Waals surface area contributed by atoms with E-state index in [-0.39, 0.29) is 18.7 Å². The lowest BCUT2D eigenvalue weighted by Crippen LogP contribution is -2.48. The summed E-state index contributed by atoms with van der Waals surface area (Å²) in [4.78, 5) is 21.4. The number of primary amides is 1. The van der Waals surface area contributed by atoms with Gasteiger partial charge in [-0.3, -0.25) is 9.59 Å². The first-order chi connectivity index (χ1) is 5.61. The second kappa shape index (κ2) is 5.50. The molecule has 6 nitrogen and oxygen atoms in total. The van der Waals surface area contributed by atoms with E-state index in [9.17, 15) is 9.59 Å². The van der Waals surface area contributed by atoms with Gasteiger partial charge in [0.2, 0.25) is 5.91 Å². The second-order valence-electron chi connectivity index (χ2n) is 2.14. The zero-order chi connectivity index (χ0) is 9.56. The van der Waals surface area contributed by atoms with Crippen molar-refractivity contribution in [2.24, 2.45) is 5.73 Å². The summed E-state index contributed by atoms with van der Waals surface area (Å²) < 4.78 is 0. The van der Waals surface area contributed by atoms with Crippen molar-refractivity contribution < 1.29 is 9.59 Å². The zero-order valence-electron chi connectivity index (χ0n) is 7.26. The Morgan fingerprint density at radius 3 is 2.08 bits per heavy atom. The Bertz CT molecular complexity index is 167. The van der Waals surface area contributed by atoms with Crippen molar-refractivity contribution in [2.45, 2.75) is 12.8 Å². The molecule has 4 N–H and O–H groups in total. The van der Waals surface area contributed by atoms with Crippen molar-refractivity contribution in [2.75, 3.05) is 14.1 Å². The Hall–Kier alpha value is -1.14. The van der Waals surface area contributed by atoms with Crippen LogP contribution in [0.2, 0.25) is 0 Å². The molecule has 0 heterocycles. The number of rotatable bonds is 5. The van der Waals surface area contributed by atoms with Gasteiger partial charge in [0.05, 0.1) is 0 Å². The van der Waals surface area contributed by atoms with Crippen molar-refractivity contribution in [3.8, 4) is 0 Å². The molecule has 0 radical (unpaired) electrons. The van der Waals surface area contributed by atoms with Crippen molar-refractivity contribution in [1.82, 2.24) is 16.0 Å². The Balaban J connectivity index is 3.77. The Kier molecular flexibility index (Phi) is 4.98. The predicted molar refractivity (Wildman–Crippen MR) is 43.4 cm³/mol. The van der Waals surface area contributed by atoms with Crippen LogP contribution in [-0.2, 0) is 9.59 Å². The highest BCUT2D eigenvalue weighted by molar-refractivity contribution is 5.82. The molecule has 0 fully saturated rings. The average Bonchev–Trinajstić information content (AvgIpc) is 2.03. The number of carbonyl (C=O) groups is 2. The monoisotopic (exact) mass is 174 g/mol. The Morgan fingerprint density at radius 2 is 1.75 bits per heavy atom. The van der Waals surface area contributed by atoms with Crippen molar-refractivity contribution in [1.29, 1.82) is 0 Å². The third kappa shape index (κ3) is 3.89. The van der Waals surface area contributed by atoms with Crippen LogP contribution in [0.5, 0.6) is 0 Å². The van der Waals surface area contributed by atoms with Crippen LogP contribution in [-0.4, -0.2) is 31.0 Å². The second-order valence-corrected chi connectivity index (χ2v) is 2.14. The molecular weight excluding hydrogens is 160 g/mol. The van der Waals surface area contributed by atoms with E-state index in [4.69, 9.17) is 5.73 Å². The van der Waals surface area contributed by atoms with Gasteiger partial charge in [-0.25, -0.2) is 16.0 Å². The zero-order valence-corrected chi connectivity index (χ0v) is 7.26. The molecule has 70 valence electrons. The van der Waals surface area contributed by atoms with Gasteiger partial charge < -0.3 is 5.73 Å². The number of nitrogens with zero attached hydrogens (tertiary/aromatic N) is 1. The molecular formula is C6H14N4O2. The number of nitrogens with two attached hydrogens (primary N) is 1. The highest BCUT2D eigenvalue weighted by Crippen LogP contribution is 1.90. The van der Waals surface area contributed by atoms with Gasteiger partial charge in [0.25, 0.3) is 5.91 Å². The summed E-state index contributed by atoms with van der Waals surface area (Å²) in [5.41, 5.74) is 10.1. The van der Waals surface area contributed by atoms with E-state index in [1.54, 1.807) is 14.1 Å². The molecule has 0 atom stereocenters. The maximum absolute atomic E-state index is 11.1. The van der Waals surface area contributed by atoms with Gasteiger partial charge >= 0.3 is 0 Å². The van der Waals surface area contributed by atoms with Gasteiger partial charge in [0.1, 0.15) is 0 Å². The van der Waals surface area contributed by atoms with Crippen LogP contribution in [0.15, 0.2) is 0 Å². The molecule has 0 bridgehead atoms. The lowest BCUT2D eigenvalue weighted by molar-refractivity contribution is -0.138. The lowest BCUT2D eigenvalue weighted by atomic mass is 10.3. The minimum Gasteiger partial charge on any atom is -0.370 e. The fourth-order valence-electron chi connectivity index (χ4n) is 0.703. The SMILES string of the molecule is CNN(NC)C(=O)CCC(N)=O. The van der Waals surface area contributed by atoms with Gasteiger partial charge in [-0.15, -0.1) is 0 Å². The van der Waals surface area contributed by atoms with Gasteiger partial charge in [-0.1, -0.05) is 0 Å². The molecule has 6 heteroatoms. The van der Waals surface area contributed by atoms with Gasteiger partial charge in [0, 0.05) is 26.9 Å². The largest absolute Gasteiger partial charge is 0.370 e. The first kappa shape index (κ1) is 10.9. The topological polar surface area (TPSA) is 87.5 Å². The van der Waals surface area contributed by atoms with Gasteiger partial charge in [0.15, 0.2) is 0 Å². The molecule has 0 unspecified atom stereocenters. The number of nitrogens with one attached hydrogen (secondary N) is 2. The summed E-state index contributed by atoms with van der Waals surface area (Å²) in [6.07, 6.45) is 0.176. The fourth-order valence-corrected chi connectivity index (χ4v) is 0.703. The molecule has 0 aromatic carbocycles. The van der Waals surface area contributed by atoms with Gasteiger partial charge in [-0.05, 0) is 0 Å². The smallest absolute Gasteiger partial charge is 0.251 e. The normalized spacial score (nSPS) is 9.50. The number of amides is 2. The number of hydrazine groups is 2. The summed E-state index contributed by atoms with van der Waals surface area (Å²) in [6.45, 7) is 0. The summed E-state index contributed by atoms with van der Waals surface area (Å²) in [5, 5.41) is 1.18. The minimum absolute atomic E-state index is 0.0681. The Morgan fingerprint density at radius 1 is 1.25 bits per heavy atom. The molecule has 0 aliphatic heterocycles. The van der Waals surface area contributed by atoms with Gasteiger partial charge in [-0.2, -0.15) is 0 Å². The first-order valence-corrected chi connectivity index (χ1v) is 3.57. The molecule has 0 aliphatic rings. The van der Waals surface area contributed by atoms with E-state index in [1.165, 1.54) is 5.12 Å². The standard InChI is InChI=1S/C6H14N4O2/c1-8-10(9-2)6(12)4-3-5(7)11/h8-9H,3-4H2,1-2H3,(H2,7,11). The number of hydrogen-bond donors (Lipinski definition) is 3. The third-order valence-electron chi connectivity index (χ3n) is 1.28. The molecule has 2 amide bonds. The maximum atomic E-state index is 11.1. The van der Waals surface area contributed by atoms with Crippen LogP contribution >= 0.6 is 0 Å². The van der Waals surface area contributed by atoms with Crippen LogP contribution in [0.4, 0.5) is 0 Å². The fraction of sp³-hybridized carbons (Fsp3) is 0.667. The summed E-state index contributed by atoms with van der Waals surface area (Å²) in [6, 6.07) is 0. The first-order valence-electron chi connectivity index (χ1n) is 3.57. The lowest BCUT2D eigenvalue weighted by Gasteiger charge is -2.18. The van der Waals surface area contributed by atoms with Crippen LogP contribution in [0.1, 0.15) is 12.8 Å². The summed E-state index contributed by atoms with van der Waals surface area (Å²) in [5.74, 6) is -0.700. The van der Waals surface area contributed by atoms with Crippen LogP contribution in [0.25, 0.3) is 0 Å². The van der Waals surface area contributed by atoms with E-state index >= 15 is 0 Å². The summed E-state index contributed by atoms with van der Waals surface area (Å²) >= 11 is 0. The minimum atomic E-state index is -0.476. The summed E-state index contributed by atoms with van der Waals surface area (Å²) in [7, 11) is 3.19. The van der Waals surface area contributed by atoms with Crippen molar-refractivity contribution in [3.63, 3.8) is 0 Å². The highest BCUT2D eigenvalue weighted by atomic mass is 16.2. The van der Waals surface area contributed by atoms with E-state index in [2.05, 4.69) is 10.9 Å². The van der Waals surface area contributed by atoms with Crippen LogP contribution in [0, 0.1) is 0 Å². The van der Waals surface area contributed by atoms with E-state index in [1.807, 2.05) is 0 Å². The number of carbonyl (C=O) groups excluding carboxylic acids is 2. The molecule has 12 heavy (non-hydrogen) atoms. The molecule has 0 saturated carbocycles. The third-order valence-corrected chi connectivity index (χ3v) is 1.28. The Labute approximate surface area is 71.0 Å². The maximum Gasteiger partial charge on any atom is 0.251 e. The van der Waals surface area contributed by atoms with Crippen LogP contribution in [0.3, 0.4) is 0 Å². The molecule has 0 aliphatic carbocycles. The number of hydrogen-bond acceptors (Lipinski definition) is 4. The van der Waals surface area contributed by atoms with Crippen molar-refractivity contribution >= 4 is 11.8 Å². The predicted octanol–water partition coefficient (Wildman–Crippen LogP) is -1.65. The highest BCUT2D eigenvalue weighted by Gasteiger charge is 2.10. The molecule has 0 aromatic heterocycles. The average molecular weight is 174 g/mol. The quantitative estimate of drug-likeness (QED) is 0.436. The molecule has 0 saturated heterocycles. The molecule has 0 aromatic rings. The van der Waals surface area contributed by atoms with Crippen LogP contribution < -0.4 is 16.6 Å². The van der Waals surface area contributed by atoms with Crippen molar-refractivity contribution in [3.05, 3.63) is 0 Å². The molecule has 0 spiro atoms. The molecule has 0 rings (SSSR count).